The summed E-state index contributed by atoms with van der Waals surface area (Å²) >= 11 is 0. The van der Waals surface area contributed by atoms with Crippen LogP contribution in [0.5, 0.6) is 0 Å². The minimum Gasteiger partial charge on any atom is -0.412 e. The van der Waals surface area contributed by atoms with E-state index < -0.39 is 5.66 Å². The molecule has 3 aliphatic heterocycles. The molecular formula is C11H9N3O3. The summed E-state index contributed by atoms with van der Waals surface area (Å²) in [6, 6.07) is 6.82. The lowest BCUT2D eigenvalue weighted by Crippen LogP contribution is -2.73. The standard InChI is InChI=1S/C11H9N3O3/c15-14(16)11-9-5-6-17-13(9)10(11)7-3-1-2-4-8(7)12-11/h1-6,9-10,12H. The molecule has 0 amide bonds. The van der Waals surface area contributed by atoms with E-state index in [-0.39, 0.29) is 17.0 Å². The van der Waals surface area contributed by atoms with Gasteiger partial charge in [0.1, 0.15) is 6.26 Å². The molecule has 4 rings (SSSR count). The minimum atomic E-state index is -1.17. The van der Waals surface area contributed by atoms with Crippen molar-refractivity contribution in [3.63, 3.8) is 0 Å². The number of benzene rings is 1. The first kappa shape index (κ1) is 9.00. The number of fused-ring (bicyclic) bond motifs is 6. The Hall–Kier alpha value is -2.08. The fourth-order valence-electron chi connectivity index (χ4n) is 3.00. The quantitative estimate of drug-likeness (QED) is 0.582. The zero-order valence-corrected chi connectivity index (χ0v) is 8.74. The minimum absolute atomic E-state index is 0.238. The molecule has 1 saturated heterocycles. The molecule has 6 nitrogen and oxygen atoms in total. The summed E-state index contributed by atoms with van der Waals surface area (Å²) in [5.74, 6) is 0. The molecule has 0 aliphatic carbocycles. The van der Waals surface area contributed by atoms with E-state index in [4.69, 9.17) is 4.84 Å². The van der Waals surface area contributed by atoms with Crippen LogP contribution in [0.25, 0.3) is 0 Å². The van der Waals surface area contributed by atoms with Crippen LogP contribution < -0.4 is 5.32 Å². The van der Waals surface area contributed by atoms with E-state index in [0.29, 0.717) is 0 Å². The van der Waals surface area contributed by atoms with E-state index in [1.165, 1.54) is 6.26 Å². The van der Waals surface area contributed by atoms with Crippen molar-refractivity contribution in [2.24, 2.45) is 0 Å². The largest absolute Gasteiger partial charge is 0.412 e. The van der Waals surface area contributed by atoms with Gasteiger partial charge >= 0.3 is 5.66 Å². The Balaban J connectivity index is 1.90. The highest BCUT2D eigenvalue weighted by molar-refractivity contribution is 5.63. The van der Waals surface area contributed by atoms with Crippen molar-refractivity contribution in [3.8, 4) is 0 Å². The molecule has 0 aromatic heterocycles. The van der Waals surface area contributed by atoms with Gasteiger partial charge in [-0.15, -0.1) is 5.06 Å². The number of hydrogen-bond acceptors (Lipinski definition) is 5. The van der Waals surface area contributed by atoms with Gasteiger partial charge in [0, 0.05) is 11.3 Å². The van der Waals surface area contributed by atoms with Gasteiger partial charge in [0.25, 0.3) is 0 Å². The highest BCUT2D eigenvalue weighted by atomic mass is 16.7. The SMILES string of the molecule is O=[N+]([O-])C12Nc3ccccc3C1N1OC=CC12. The van der Waals surface area contributed by atoms with Crippen molar-refractivity contribution in [1.82, 2.24) is 5.06 Å². The van der Waals surface area contributed by atoms with Crippen LogP contribution in [-0.4, -0.2) is 21.7 Å². The van der Waals surface area contributed by atoms with E-state index in [0.717, 1.165) is 11.3 Å². The van der Waals surface area contributed by atoms with Gasteiger partial charge in [-0.3, -0.25) is 10.1 Å². The summed E-state index contributed by atoms with van der Waals surface area (Å²) < 4.78 is 0. The van der Waals surface area contributed by atoms with Gasteiger partial charge in [0.05, 0.1) is 4.92 Å². The van der Waals surface area contributed by atoms with Crippen LogP contribution in [0.15, 0.2) is 36.6 Å². The second-order valence-corrected chi connectivity index (χ2v) is 4.44. The monoisotopic (exact) mass is 231 g/mol. The van der Waals surface area contributed by atoms with Crippen LogP contribution in [0.3, 0.4) is 0 Å². The van der Waals surface area contributed by atoms with Gasteiger partial charge in [-0.05, 0) is 12.1 Å². The Morgan fingerprint density at radius 1 is 1.47 bits per heavy atom. The lowest BCUT2D eigenvalue weighted by Gasteiger charge is -2.47. The fourth-order valence-corrected chi connectivity index (χ4v) is 3.00. The molecule has 1 aromatic rings. The van der Waals surface area contributed by atoms with E-state index in [9.17, 15) is 10.1 Å². The predicted molar refractivity (Wildman–Crippen MR) is 58.4 cm³/mol. The molecule has 3 aliphatic rings. The summed E-state index contributed by atoms with van der Waals surface area (Å²) in [6.07, 6.45) is 3.23. The van der Waals surface area contributed by atoms with Gasteiger partial charge in [-0.25, -0.2) is 0 Å². The number of hydroxylamine groups is 2. The lowest BCUT2D eigenvalue weighted by molar-refractivity contribution is -0.612. The van der Waals surface area contributed by atoms with Gasteiger partial charge in [0.15, 0.2) is 12.1 Å². The summed E-state index contributed by atoms with van der Waals surface area (Å²) in [5.41, 5.74) is 0.571. The summed E-state index contributed by atoms with van der Waals surface area (Å²) in [4.78, 5) is 16.5. The van der Waals surface area contributed by atoms with Crippen molar-refractivity contribution in [3.05, 3.63) is 52.3 Å². The lowest BCUT2D eigenvalue weighted by atomic mass is 9.81. The van der Waals surface area contributed by atoms with Crippen molar-refractivity contribution >= 4 is 5.69 Å². The predicted octanol–water partition coefficient (Wildman–Crippen LogP) is 1.27. The first-order chi connectivity index (χ1) is 8.25. The van der Waals surface area contributed by atoms with Crippen molar-refractivity contribution in [2.45, 2.75) is 17.7 Å². The Labute approximate surface area is 96.6 Å². The second-order valence-electron chi connectivity index (χ2n) is 4.44. The van der Waals surface area contributed by atoms with Crippen molar-refractivity contribution < 1.29 is 9.76 Å². The normalized spacial score (nSPS) is 36.2. The molecule has 0 bridgehead atoms. The molecule has 3 atom stereocenters. The summed E-state index contributed by atoms with van der Waals surface area (Å²) in [6.45, 7) is 0. The van der Waals surface area contributed by atoms with Gasteiger partial charge < -0.3 is 10.2 Å². The Kier molecular flexibility index (Phi) is 1.37. The van der Waals surface area contributed by atoms with Gasteiger partial charge in [0.2, 0.25) is 0 Å². The highest BCUT2D eigenvalue weighted by Gasteiger charge is 2.76. The topological polar surface area (TPSA) is 67.6 Å². The molecule has 17 heavy (non-hydrogen) atoms. The Bertz CT molecular complexity index is 559. The molecule has 1 N–H and O–H groups in total. The third-order valence-corrected chi connectivity index (χ3v) is 3.73. The zero-order valence-electron chi connectivity index (χ0n) is 8.74. The average Bonchev–Trinajstić information content (AvgIpc) is 2.83. The Morgan fingerprint density at radius 3 is 3.12 bits per heavy atom. The highest BCUT2D eigenvalue weighted by Crippen LogP contribution is 2.58. The Morgan fingerprint density at radius 2 is 2.29 bits per heavy atom. The number of anilines is 1. The number of rotatable bonds is 1. The molecule has 0 spiro atoms. The van der Waals surface area contributed by atoms with E-state index in [1.807, 2.05) is 24.3 Å². The van der Waals surface area contributed by atoms with Crippen LogP contribution in [0.1, 0.15) is 11.6 Å². The molecule has 3 heterocycles. The summed E-state index contributed by atoms with van der Waals surface area (Å²) in [5, 5.41) is 16.1. The van der Waals surface area contributed by atoms with Crippen LogP contribution in [-0.2, 0) is 4.84 Å². The second kappa shape index (κ2) is 2.60. The number of nitrogens with zero attached hydrogens (tertiary/aromatic N) is 2. The van der Waals surface area contributed by atoms with Crippen LogP contribution in [0.2, 0.25) is 0 Å². The van der Waals surface area contributed by atoms with Crippen molar-refractivity contribution in [1.29, 1.82) is 0 Å². The first-order valence-corrected chi connectivity index (χ1v) is 5.38. The molecule has 86 valence electrons. The molecule has 1 fully saturated rings. The number of nitro groups is 1. The number of hydrogen-bond donors (Lipinski definition) is 1. The van der Waals surface area contributed by atoms with Crippen LogP contribution >= 0.6 is 0 Å². The molecule has 0 saturated carbocycles. The van der Waals surface area contributed by atoms with Gasteiger partial charge in [-0.1, -0.05) is 18.2 Å². The molecule has 6 heteroatoms. The smallest absolute Gasteiger partial charge is 0.339 e. The maximum Gasteiger partial charge on any atom is 0.339 e. The van der Waals surface area contributed by atoms with E-state index in [1.54, 1.807) is 11.1 Å². The number of nitrogens with one attached hydrogen (secondary N) is 1. The van der Waals surface area contributed by atoms with Crippen molar-refractivity contribution in [2.75, 3.05) is 5.32 Å². The zero-order chi connectivity index (χ0) is 11.6. The summed E-state index contributed by atoms with van der Waals surface area (Å²) in [7, 11) is 0. The number of para-hydroxylation sites is 1. The van der Waals surface area contributed by atoms with E-state index >= 15 is 0 Å². The molecule has 1 aromatic carbocycles. The molecule has 0 radical (unpaired) electrons. The van der Waals surface area contributed by atoms with Crippen LogP contribution in [0.4, 0.5) is 5.69 Å². The molecular weight excluding hydrogens is 222 g/mol. The average molecular weight is 231 g/mol. The molecule has 3 unspecified atom stereocenters. The van der Waals surface area contributed by atoms with E-state index in [2.05, 4.69) is 5.32 Å². The maximum atomic E-state index is 11.4. The van der Waals surface area contributed by atoms with Gasteiger partial charge in [-0.2, -0.15) is 0 Å². The third-order valence-electron chi connectivity index (χ3n) is 3.73. The fraction of sp³-hybridized carbons (Fsp3) is 0.273. The third kappa shape index (κ3) is 0.794. The van der Waals surface area contributed by atoms with Crippen LogP contribution in [0, 0.1) is 10.1 Å². The first-order valence-electron chi connectivity index (χ1n) is 5.38. The maximum absolute atomic E-state index is 11.4.